The van der Waals surface area contributed by atoms with E-state index in [2.05, 4.69) is 27.9 Å². The Labute approximate surface area is 195 Å². The first-order chi connectivity index (χ1) is 16.1. The lowest BCUT2D eigenvalue weighted by Gasteiger charge is -2.33. The predicted molar refractivity (Wildman–Crippen MR) is 124 cm³/mol. The first-order valence-electron chi connectivity index (χ1n) is 12.3. The Morgan fingerprint density at radius 3 is 2.55 bits per heavy atom. The standard InChI is InChI=1S/C25H33N5O3/c1-2-17-14-20-21(4-3-5-22(20)31)28-23(17)18-6-8-30(9-7-18)25-26-15-19(16-27-25)24(32)29-10-12-33-13-11-29/h14-16,18,22,31H,2-13H2,1H3. The van der Waals surface area contributed by atoms with Crippen LogP contribution in [-0.2, 0) is 17.6 Å². The number of fused-ring (bicyclic) bond motifs is 1. The average molecular weight is 452 g/mol. The Hall–Kier alpha value is -2.58. The summed E-state index contributed by atoms with van der Waals surface area (Å²) in [6.45, 7) is 6.30. The van der Waals surface area contributed by atoms with E-state index in [0.717, 1.165) is 62.9 Å². The fourth-order valence-electron chi connectivity index (χ4n) is 5.27. The number of ether oxygens (including phenoxy) is 1. The molecule has 1 amide bonds. The number of nitrogens with zero attached hydrogens (tertiary/aromatic N) is 5. The third kappa shape index (κ3) is 4.59. The van der Waals surface area contributed by atoms with E-state index in [0.29, 0.717) is 43.7 Å². The fourth-order valence-corrected chi connectivity index (χ4v) is 5.27. The molecule has 176 valence electrons. The smallest absolute Gasteiger partial charge is 0.257 e. The molecule has 0 aromatic carbocycles. The van der Waals surface area contributed by atoms with Crippen molar-refractivity contribution in [1.82, 2.24) is 19.9 Å². The number of pyridine rings is 1. The molecule has 2 fully saturated rings. The third-order valence-electron chi connectivity index (χ3n) is 7.23. The second-order valence-corrected chi connectivity index (χ2v) is 9.27. The van der Waals surface area contributed by atoms with Gasteiger partial charge in [0.05, 0.1) is 24.9 Å². The number of aryl methyl sites for hydroxylation is 2. The quantitative estimate of drug-likeness (QED) is 0.764. The van der Waals surface area contributed by atoms with Gasteiger partial charge >= 0.3 is 0 Å². The summed E-state index contributed by atoms with van der Waals surface area (Å²) in [4.78, 5) is 30.7. The van der Waals surface area contributed by atoms with Crippen molar-refractivity contribution in [1.29, 1.82) is 0 Å². The summed E-state index contributed by atoms with van der Waals surface area (Å²) in [5.74, 6) is 1.08. The number of amides is 1. The van der Waals surface area contributed by atoms with Gasteiger partial charge in [0.1, 0.15) is 0 Å². The van der Waals surface area contributed by atoms with E-state index in [-0.39, 0.29) is 12.0 Å². The molecule has 1 aliphatic carbocycles. The Morgan fingerprint density at radius 2 is 1.85 bits per heavy atom. The highest BCUT2D eigenvalue weighted by Gasteiger charge is 2.28. The molecule has 8 heteroatoms. The largest absolute Gasteiger partial charge is 0.388 e. The molecule has 2 aliphatic heterocycles. The Bertz CT molecular complexity index is 982. The molecular weight excluding hydrogens is 418 g/mol. The van der Waals surface area contributed by atoms with Crippen molar-refractivity contribution in [2.45, 2.75) is 57.5 Å². The fraction of sp³-hybridized carbons (Fsp3) is 0.600. The Balaban J connectivity index is 1.24. The summed E-state index contributed by atoms with van der Waals surface area (Å²) in [5.41, 5.74) is 5.16. The lowest BCUT2D eigenvalue weighted by atomic mass is 9.86. The van der Waals surface area contributed by atoms with Gasteiger partial charge in [-0.3, -0.25) is 9.78 Å². The van der Waals surface area contributed by atoms with Crippen LogP contribution in [0, 0.1) is 0 Å². The number of aliphatic hydroxyl groups excluding tert-OH is 1. The number of carbonyl (C=O) groups excluding carboxylic acids is 1. The van der Waals surface area contributed by atoms with Crippen LogP contribution in [0.2, 0.25) is 0 Å². The van der Waals surface area contributed by atoms with Crippen molar-refractivity contribution >= 4 is 11.9 Å². The number of piperidine rings is 1. The second kappa shape index (κ2) is 9.73. The van der Waals surface area contributed by atoms with E-state index in [1.54, 1.807) is 17.3 Å². The SMILES string of the molecule is CCc1cc2c(nc1C1CCN(c3ncc(C(=O)N4CCOCC4)cn3)CC1)CCCC2O. The zero-order chi connectivity index (χ0) is 22.8. The second-order valence-electron chi connectivity index (χ2n) is 9.27. The summed E-state index contributed by atoms with van der Waals surface area (Å²) >= 11 is 0. The summed E-state index contributed by atoms with van der Waals surface area (Å²) in [7, 11) is 0. The highest BCUT2D eigenvalue weighted by Crippen LogP contribution is 2.35. The van der Waals surface area contributed by atoms with Crippen LogP contribution in [0.3, 0.4) is 0 Å². The van der Waals surface area contributed by atoms with Gasteiger partial charge in [-0.2, -0.15) is 0 Å². The molecule has 0 saturated carbocycles. The Kier molecular flexibility index (Phi) is 6.55. The number of hydrogen-bond donors (Lipinski definition) is 1. The van der Waals surface area contributed by atoms with Gasteiger partial charge in [0.2, 0.25) is 5.95 Å². The summed E-state index contributed by atoms with van der Waals surface area (Å²) < 4.78 is 5.32. The maximum Gasteiger partial charge on any atom is 0.257 e. The van der Waals surface area contributed by atoms with E-state index in [4.69, 9.17) is 9.72 Å². The molecule has 4 heterocycles. The number of carbonyl (C=O) groups is 1. The van der Waals surface area contributed by atoms with Crippen molar-refractivity contribution in [2.24, 2.45) is 0 Å². The van der Waals surface area contributed by atoms with Gasteiger partial charge in [-0.05, 0) is 50.2 Å². The number of hydrogen-bond acceptors (Lipinski definition) is 7. The predicted octanol–water partition coefficient (Wildman–Crippen LogP) is 2.66. The van der Waals surface area contributed by atoms with Crippen molar-refractivity contribution in [3.05, 3.63) is 46.5 Å². The molecule has 0 bridgehead atoms. The summed E-state index contributed by atoms with van der Waals surface area (Å²) in [6.07, 6.45) is 8.68. The van der Waals surface area contributed by atoms with Crippen molar-refractivity contribution in [2.75, 3.05) is 44.3 Å². The van der Waals surface area contributed by atoms with Crippen LogP contribution in [0.1, 0.15) is 77.5 Å². The minimum absolute atomic E-state index is 0.0285. The summed E-state index contributed by atoms with van der Waals surface area (Å²) in [5, 5.41) is 10.4. The van der Waals surface area contributed by atoms with Crippen LogP contribution in [0.4, 0.5) is 5.95 Å². The van der Waals surface area contributed by atoms with E-state index in [9.17, 15) is 9.90 Å². The molecular formula is C25H33N5O3. The van der Waals surface area contributed by atoms with Crippen molar-refractivity contribution in [3.8, 4) is 0 Å². The molecule has 0 radical (unpaired) electrons. The highest BCUT2D eigenvalue weighted by molar-refractivity contribution is 5.93. The van der Waals surface area contributed by atoms with Crippen LogP contribution < -0.4 is 4.90 Å². The van der Waals surface area contributed by atoms with Gasteiger partial charge in [0, 0.05) is 61.4 Å². The monoisotopic (exact) mass is 451 g/mol. The number of morpholine rings is 1. The molecule has 2 aromatic heterocycles. The molecule has 33 heavy (non-hydrogen) atoms. The number of rotatable bonds is 4. The molecule has 8 nitrogen and oxygen atoms in total. The van der Waals surface area contributed by atoms with E-state index in [1.807, 2.05) is 0 Å². The molecule has 1 atom stereocenters. The van der Waals surface area contributed by atoms with Gasteiger partial charge in [0.15, 0.2) is 0 Å². The number of anilines is 1. The normalized spacial score (nSPS) is 21.7. The highest BCUT2D eigenvalue weighted by atomic mass is 16.5. The third-order valence-corrected chi connectivity index (χ3v) is 7.23. The first-order valence-corrected chi connectivity index (χ1v) is 12.3. The van der Waals surface area contributed by atoms with Crippen LogP contribution in [-0.4, -0.2) is 70.3 Å². The van der Waals surface area contributed by atoms with Gasteiger partial charge in [-0.1, -0.05) is 6.92 Å². The van der Waals surface area contributed by atoms with Crippen LogP contribution in [0.15, 0.2) is 18.5 Å². The Morgan fingerprint density at radius 1 is 1.12 bits per heavy atom. The maximum absolute atomic E-state index is 12.6. The minimum Gasteiger partial charge on any atom is -0.388 e. The van der Waals surface area contributed by atoms with Gasteiger partial charge in [-0.15, -0.1) is 0 Å². The minimum atomic E-state index is -0.363. The van der Waals surface area contributed by atoms with E-state index >= 15 is 0 Å². The van der Waals surface area contributed by atoms with E-state index in [1.165, 1.54) is 11.3 Å². The zero-order valence-electron chi connectivity index (χ0n) is 19.4. The molecule has 1 N–H and O–H groups in total. The number of aromatic nitrogens is 3. The molecule has 2 saturated heterocycles. The molecule has 1 unspecified atom stereocenters. The van der Waals surface area contributed by atoms with Crippen LogP contribution in [0.5, 0.6) is 0 Å². The van der Waals surface area contributed by atoms with Gasteiger partial charge < -0.3 is 19.6 Å². The number of aliphatic hydroxyl groups is 1. The first kappa shape index (κ1) is 22.2. The summed E-state index contributed by atoms with van der Waals surface area (Å²) in [6, 6.07) is 2.21. The lowest BCUT2D eigenvalue weighted by Crippen LogP contribution is -2.40. The zero-order valence-corrected chi connectivity index (χ0v) is 19.4. The lowest BCUT2D eigenvalue weighted by molar-refractivity contribution is 0.0302. The topological polar surface area (TPSA) is 91.7 Å². The van der Waals surface area contributed by atoms with Gasteiger partial charge in [0.25, 0.3) is 5.91 Å². The molecule has 5 rings (SSSR count). The van der Waals surface area contributed by atoms with Gasteiger partial charge in [-0.25, -0.2) is 9.97 Å². The van der Waals surface area contributed by atoms with E-state index < -0.39 is 0 Å². The van der Waals surface area contributed by atoms with Crippen molar-refractivity contribution in [3.63, 3.8) is 0 Å². The molecule has 2 aromatic rings. The molecule has 0 spiro atoms. The van der Waals surface area contributed by atoms with Crippen molar-refractivity contribution < 1.29 is 14.6 Å². The molecule has 3 aliphatic rings. The maximum atomic E-state index is 12.6. The average Bonchev–Trinajstić information content (AvgIpc) is 2.88. The van der Waals surface area contributed by atoms with Crippen LogP contribution in [0.25, 0.3) is 0 Å². The van der Waals surface area contributed by atoms with Crippen LogP contribution >= 0.6 is 0 Å².